The molecule has 0 aromatic carbocycles. The molecule has 1 fully saturated rings. The summed E-state index contributed by atoms with van der Waals surface area (Å²) in [6.45, 7) is 4.00. The molecule has 0 bridgehead atoms. The number of hydrogen-bond acceptors (Lipinski definition) is 8. The van der Waals surface area contributed by atoms with Gasteiger partial charge in [-0.15, -0.1) is 10.2 Å². The highest BCUT2D eigenvalue weighted by atomic mass is 32.1. The average molecular weight is 377 g/mol. The van der Waals surface area contributed by atoms with Crippen LogP contribution in [0.15, 0.2) is 15.3 Å². The van der Waals surface area contributed by atoms with Gasteiger partial charge in [0, 0.05) is 25.4 Å². The van der Waals surface area contributed by atoms with Gasteiger partial charge in [0.05, 0.1) is 0 Å². The topological polar surface area (TPSA) is 123 Å². The maximum absolute atomic E-state index is 12.4. The molecule has 1 saturated heterocycles. The largest absolute Gasteiger partial charge is 0.427 e. The molecule has 3 rings (SSSR count). The van der Waals surface area contributed by atoms with Crippen molar-refractivity contribution >= 4 is 22.4 Å². The van der Waals surface area contributed by atoms with Gasteiger partial charge in [-0.05, 0) is 44.4 Å². The number of hydrogen-bond donors (Lipinski definition) is 3. The van der Waals surface area contributed by atoms with Crippen molar-refractivity contribution in [2.75, 3.05) is 25.4 Å². The number of carbonyl (C=O) groups excluding carboxylic acids is 1. The number of nitrogens with one attached hydrogen (secondary N) is 2. The number of anilines is 1. The van der Waals surface area contributed by atoms with E-state index in [1.54, 1.807) is 6.92 Å². The maximum atomic E-state index is 12.4. The molecule has 0 saturated carbocycles. The Bertz CT molecular complexity index is 826. The third kappa shape index (κ3) is 4.47. The molecule has 1 aliphatic rings. The fourth-order valence-electron chi connectivity index (χ4n) is 3.10. The lowest BCUT2D eigenvalue weighted by molar-refractivity contribution is 0.0948. The van der Waals surface area contributed by atoms with Crippen molar-refractivity contribution in [2.24, 2.45) is 0 Å². The fraction of sp³-hybridized carbons (Fsp3) is 0.529. The summed E-state index contributed by atoms with van der Waals surface area (Å²) in [6, 6.07) is 1.82. The van der Waals surface area contributed by atoms with Gasteiger partial charge < -0.3 is 20.8 Å². The Morgan fingerprint density at radius 3 is 3.00 bits per heavy atom. The third-order valence-electron chi connectivity index (χ3n) is 4.43. The first-order valence-corrected chi connectivity index (χ1v) is 9.57. The van der Waals surface area contributed by atoms with Crippen LogP contribution in [-0.2, 0) is 6.42 Å². The predicted molar refractivity (Wildman–Crippen MR) is 99.5 cm³/mol. The molecule has 9 heteroatoms. The number of piperidine rings is 1. The van der Waals surface area contributed by atoms with Gasteiger partial charge in [-0.1, -0.05) is 11.3 Å². The normalized spacial score (nSPS) is 17.2. The minimum atomic E-state index is -0.569. The molecular weight excluding hydrogens is 354 g/mol. The molecular formula is C17H23N5O3S. The highest BCUT2D eigenvalue weighted by Crippen LogP contribution is 2.23. The van der Waals surface area contributed by atoms with E-state index in [4.69, 9.17) is 10.2 Å². The number of aromatic nitrogens is 2. The third-order valence-corrected chi connectivity index (χ3v) is 5.24. The van der Waals surface area contributed by atoms with Crippen molar-refractivity contribution in [3.05, 3.63) is 38.4 Å². The Hall–Kier alpha value is -2.26. The zero-order valence-corrected chi connectivity index (χ0v) is 15.5. The molecule has 3 heterocycles. The van der Waals surface area contributed by atoms with Gasteiger partial charge >= 0.3 is 5.63 Å². The van der Waals surface area contributed by atoms with Crippen LogP contribution in [0.3, 0.4) is 0 Å². The van der Waals surface area contributed by atoms with Crippen molar-refractivity contribution in [3.63, 3.8) is 0 Å². The molecule has 0 spiro atoms. The molecule has 1 aliphatic heterocycles. The zero-order valence-electron chi connectivity index (χ0n) is 14.7. The maximum Gasteiger partial charge on any atom is 0.349 e. The molecule has 1 amide bonds. The van der Waals surface area contributed by atoms with Crippen LogP contribution in [0, 0.1) is 6.92 Å². The first-order chi connectivity index (χ1) is 12.5. The van der Waals surface area contributed by atoms with Gasteiger partial charge in [0.1, 0.15) is 16.3 Å². The summed E-state index contributed by atoms with van der Waals surface area (Å²) >= 11 is 1.34. The van der Waals surface area contributed by atoms with Gasteiger partial charge in [-0.3, -0.25) is 4.79 Å². The molecule has 2 aromatic heterocycles. The van der Waals surface area contributed by atoms with Gasteiger partial charge in [0.15, 0.2) is 0 Å². The average Bonchev–Trinajstić information content (AvgIpc) is 3.04. The van der Waals surface area contributed by atoms with Crippen LogP contribution < -0.4 is 22.0 Å². The number of nitrogens with zero attached hydrogens (tertiary/aromatic N) is 2. The van der Waals surface area contributed by atoms with Crippen LogP contribution in [0.5, 0.6) is 0 Å². The van der Waals surface area contributed by atoms with Crippen molar-refractivity contribution < 1.29 is 9.21 Å². The summed E-state index contributed by atoms with van der Waals surface area (Å²) < 4.78 is 5.44. The number of rotatable bonds is 6. The van der Waals surface area contributed by atoms with E-state index in [2.05, 4.69) is 20.8 Å². The Morgan fingerprint density at radius 2 is 2.35 bits per heavy atom. The van der Waals surface area contributed by atoms with E-state index in [9.17, 15) is 9.59 Å². The van der Waals surface area contributed by atoms with Crippen LogP contribution in [0.25, 0.3) is 0 Å². The van der Waals surface area contributed by atoms with Crippen LogP contribution in [0.2, 0.25) is 0 Å². The fourth-order valence-corrected chi connectivity index (χ4v) is 3.75. The molecule has 1 atom stereocenters. The van der Waals surface area contributed by atoms with E-state index >= 15 is 0 Å². The lowest BCUT2D eigenvalue weighted by Crippen LogP contribution is -2.32. The van der Waals surface area contributed by atoms with Crippen molar-refractivity contribution in [3.8, 4) is 0 Å². The zero-order chi connectivity index (χ0) is 18.5. The van der Waals surface area contributed by atoms with Crippen LogP contribution >= 0.6 is 11.3 Å². The Kier molecular flexibility index (Phi) is 6.00. The second-order valence-electron chi connectivity index (χ2n) is 6.43. The second-order valence-corrected chi connectivity index (χ2v) is 7.52. The summed E-state index contributed by atoms with van der Waals surface area (Å²) in [5.41, 5.74) is 5.69. The Morgan fingerprint density at radius 1 is 1.50 bits per heavy atom. The molecule has 8 nitrogen and oxygen atoms in total. The lowest BCUT2D eigenvalue weighted by Gasteiger charge is -2.22. The van der Waals surface area contributed by atoms with E-state index < -0.39 is 11.5 Å². The molecule has 0 radical (unpaired) electrons. The summed E-state index contributed by atoms with van der Waals surface area (Å²) in [4.78, 5) is 24.7. The number of nitrogens with two attached hydrogens (primary N) is 1. The van der Waals surface area contributed by atoms with Gasteiger partial charge in [0.2, 0.25) is 5.13 Å². The monoisotopic (exact) mass is 377 g/mol. The molecule has 140 valence electrons. The Balaban J connectivity index is 1.59. The molecule has 1 unspecified atom stereocenters. The van der Waals surface area contributed by atoms with Crippen molar-refractivity contribution in [1.29, 1.82) is 0 Å². The summed E-state index contributed by atoms with van der Waals surface area (Å²) in [5.74, 6) is 0.443. The second kappa shape index (κ2) is 8.41. The summed E-state index contributed by atoms with van der Waals surface area (Å²) in [7, 11) is 0. The molecule has 4 N–H and O–H groups in total. The predicted octanol–water partition coefficient (Wildman–Crippen LogP) is 1.21. The van der Waals surface area contributed by atoms with E-state index in [-0.39, 0.29) is 11.5 Å². The van der Waals surface area contributed by atoms with E-state index in [1.165, 1.54) is 11.3 Å². The quantitative estimate of drug-likeness (QED) is 0.647. The molecule has 0 aliphatic carbocycles. The number of nitrogen functional groups attached to an aromatic ring is 1. The molecule has 2 aromatic rings. The number of amides is 1. The lowest BCUT2D eigenvalue weighted by atomic mass is 9.95. The SMILES string of the molecule is Cc1cc(C2CCCNC2)oc(=O)c1C(=O)NCCCc1nnc(N)s1. The van der Waals surface area contributed by atoms with Gasteiger partial charge in [0.25, 0.3) is 5.91 Å². The van der Waals surface area contributed by atoms with Crippen molar-refractivity contribution in [1.82, 2.24) is 20.8 Å². The van der Waals surface area contributed by atoms with Crippen molar-refractivity contribution in [2.45, 2.75) is 38.5 Å². The first-order valence-electron chi connectivity index (χ1n) is 8.76. The number of carbonyl (C=O) groups is 1. The van der Waals surface area contributed by atoms with Gasteiger partial charge in [-0.25, -0.2) is 4.79 Å². The summed E-state index contributed by atoms with van der Waals surface area (Å²) in [5, 5.41) is 15.0. The van der Waals surface area contributed by atoms with E-state index in [1.807, 2.05) is 6.07 Å². The van der Waals surface area contributed by atoms with Crippen LogP contribution in [0.1, 0.15) is 51.9 Å². The Labute approximate surface area is 155 Å². The first kappa shape index (κ1) is 18.5. The molecule has 26 heavy (non-hydrogen) atoms. The highest BCUT2D eigenvalue weighted by molar-refractivity contribution is 7.15. The minimum absolute atomic E-state index is 0.0812. The smallest absolute Gasteiger partial charge is 0.349 e. The van der Waals surface area contributed by atoms with Crippen LogP contribution in [0.4, 0.5) is 5.13 Å². The minimum Gasteiger partial charge on any atom is -0.427 e. The number of aryl methyl sites for hydroxylation is 2. The van der Waals surface area contributed by atoms with Gasteiger partial charge in [-0.2, -0.15) is 0 Å². The van der Waals surface area contributed by atoms with E-state index in [0.717, 1.165) is 30.9 Å². The van der Waals surface area contributed by atoms with Crippen LogP contribution in [-0.4, -0.2) is 35.7 Å². The summed E-state index contributed by atoms with van der Waals surface area (Å²) in [6.07, 6.45) is 3.40. The highest BCUT2D eigenvalue weighted by Gasteiger charge is 2.22. The standard InChI is InChI=1S/C17H23N5O3S/c1-10-8-12(11-4-2-6-19-9-11)25-16(24)14(10)15(23)20-7-3-5-13-21-22-17(18)26-13/h8,11,19H,2-7,9H2,1H3,(H2,18,22)(H,20,23). The van der Waals surface area contributed by atoms with E-state index in [0.29, 0.717) is 35.8 Å².